The fourth-order valence-corrected chi connectivity index (χ4v) is 3.66. The summed E-state index contributed by atoms with van der Waals surface area (Å²) < 4.78 is 5.91. The van der Waals surface area contributed by atoms with Gasteiger partial charge in [-0.25, -0.2) is 0 Å². The molecule has 2 unspecified atom stereocenters. The minimum atomic E-state index is -0.147. The van der Waals surface area contributed by atoms with Crippen molar-refractivity contribution in [3.8, 4) is 0 Å². The molecule has 0 aromatic rings. The van der Waals surface area contributed by atoms with Crippen molar-refractivity contribution >= 4 is 0 Å². The summed E-state index contributed by atoms with van der Waals surface area (Å²) in [5.74, 6) is 0.528. The lowest BCUT2D eigenvalue weighted by Crippen LogP contribution is -2.54. The van der Waals surface area contributed by atoms with Crippen LogP contribution in [0.15, 0.2) is 0 Å². The van der Waals surface area contributed by atoms with Crippen LogP contribution in [-0.2, 0) is 4.74 Å². The van der Waals surface area contributed by atoms with Crippen molar-refractivity contribution < 1.29 is 9.84 Å². The summed E-state index contributed by atoms with van der Waals surface area (Å²) in [6.07, 6.45) is 6.50. The zero-order valence-electron chi connectivity index (χ0n) is 12.2. The van der Waals surface area contributed by atoms with E-state index in [0.717, 1.165) is 19.6 Å². The van der Waals surface area contributed by atoms with E-state index in [1.54, 1.807) is 0 Å². The van der Waals surface area contributed by atoms with Crippen LogP contribution >= 0.6 is 0 Å². The van der Waals surface area contributed by atoms with Crippen LogP contribution in [0.3, 0.4) is 0 Å². The van der Waals surface area contributed by atoms with E-state index < -0.39 is 0 Å². The number of hydrogen-bond donors (Lipinski definition) is 1. The largest absolute Gasteiger partial charge is 0.392 e. The highest BCUT2D eigenvalue weighted by Crippen LogP contribution is 2.28. The molecule has 1 saturated heterocycles. The van der Waals surface area contributed by atoms with E-state index >= 15 is 0 Å². The Bertz CT molecular complexity index is 261. The van der Waals surface area contributed by atoms with Crippen molar-refractivity contribution in [1.82, 2.24) is 4.90 Å². The number of aliphatic hydroxyl groups excluding tert-OH is 1. The Morgan fingerprint density at radius 2 is 1.94 bits per heavy atom. The Labute approximate surface area is 112 Å². The molecule has 18 heavy (non-hydrogen) atoms. The quantitative estimate of drug-likeness (QED) is 0.840. The van der Waals surface area contributed by atoms with Crippen LogP contribution in [0, 0.1) is 5.92 Å². The highest BCUT2D eigenvalue weighted by molar-refractivity contribution is 4.85. The van der Waals surface area contributed by atoms with Crippen LogP contribution in [0.25, 0.3) is 0 Å². The van der Waals surface area contributed by atoms with Crippen molar-refractivity contribution in [2.24, 2.45) is 5.92 Å². The van der Waals surface area contributed by atoms with E-state index in [1.807, 2.05) is 0 Å². The number of nitrogens with zero attached hydrogens (tertiary/aromatic N) is 1. The molecule has 1 aliphatic heterocycles. The number of rotatable bonds is 3. The molecule has 106 valence electrons. The summed E-state index contributed by atoms with van der Waals surface area (Å²) in [6.45, 7) is 9.11. The van der Waals surface area contributed by atoms with Gasteiger partial charge in [0, 0.05) is 19.6 Å². The summed E-state index contributed by atoms with van der Waals surface area (Å²) in [6, 6.07) is 0. The van der Waals surface area contributed by atoms with E-state index in [2.05, 4.69) is 25.7 Å². The van der Waals surface area contributed by atoms with Gasteiger partial charge in [0.05, 0.1) is 17.8 Å². The summed E-state index contributed by atoms with van der Waals surface area (Å²) in [5.41, 5.74) is -0.0794. The summed E-state index contributed by atoms with van der Waals surface area (Å²) in [7, 11) is 0. The van der Waals surface area contributed by atoms with Gasteiger partial charge in [-0.3, -0.25) is 4.90 Å². The first kappa shape index (κ1) is 14.3. The third-order valence-electron chi connectivity index (χ3n) is 4.28. The molecular weight excluding hydrogens is 226 g/mol. The normalized spacial score (nSPS) is 32.3. The first-order valence-electron chi connectivity index (χ1n) is 7.54. The minimum absolute atomic E-state index is 0.0794. The van der Waals surface area contributed by atoms with Crippen molar-refractivity contribution in [2.75, 3.05) is 19.6 Å². The number of morpholine rings is 1. The first-order chi connectivity index (χ1) is 8.46. The Balaban J connectivity index is 1.84. The standard InChI is InChI=1S/C15H29NO2/c1-12-9-16(11-15(2,3)18-12)10-14(17)13-7-5-4-6-8-13/h12-14,17H,4-11H2,1-3H3. The molecule has 2 rings (SSSR count). The van der Waals surface area contributed by atoms with Gasteiger partial charge in [0.1, 0.15) is 0 Å². The third kappa shape index (κ3) is 3.94. The second kappa shape index (κ2) is 5.89. The van der Waals surface area contributed by atoms with Gasteiger partial charge in [0.2, 0.25) is 0 Å². The van der Waals surface area contributed by atoms with Gasteiger partial charge in [-0.1, -0.05) is 19.3 Å². The zero-order valence-corrected chi connectivity index (χ0v) is 12.2. The molecular formula is C15H29NO2. The van der Waals surface area contributed by atoms with Crippen molar-refractivity contribution in [3.63, 3.8) is 0 Å². The summed E-state index contributed by atoms with van der Waals surface area (Å²) >= 11 is 0. The minimum Gasteiger partial charge on any atom is -0.392 e. The molecule has 1 N–H and O–H groups in total. The fourth-order valence-electron chi connectivity index (χ4n) is 3.66. The molecule has 2 atom stereocenters. The molecule has 2 fully saturated rings. The van der Waals surface area contributed by atoms with Gasteiger partial charge in [-0.15, -0.1) is 0 Å². The predicted molar refractivity (Wildman–Crippen MR) is 73.6 cm³/mol. The molecule has 1 aliphatic carbocycles. The Hall–Kier alpha value is -0.120. The smallest absolute Gasteiger partial charge is 0.0757 e. The van der Waals surface area contributed by atoms with Gasteiger partial charge in [-0.2, -0.15) is 0 Å². The third-order valence-corrected chi connectivity index (χ3v) is 4.28. The Morgan fingerprint density at radius 1 is 1.28 bits per heavy atom. The maximum atomic E-state index is 10.4. The summed E-state index contributed by atoms with van der Waals surface area (Å²) in [4.78, 5) is 2.38. The predicted octanol–water partition coefficient (Wildman–Crippen LogP) is 2.43. The van der Waals surface area contributed by atoms with Crippen LogP contribution in [0.4, 0.5) is 0 Å². The second-order valence-electron chi connectivity index (χ2n) is 6.85. The molecule has 0 aromatic carbocycles. The van der Waals surface area contributed by atoms with Gasteiger partial charge in [0.25, 0.3) is 0 Å². The molecule has 0 bridgehead atoms. The average molecular weight is 255 g/mol. The molecule has 3 nitrogen and oxygen atoms in total. The first-order valence-corrected chi connectivity index (χ1v) is 7.54. The molecule has 0 radical (unpaired) electrons. The fraction of sp³-hybridized carbons (Fsp3) is 1.00. The van der Waals surface area contributed by atoms with Gasteiger partial charge in [0.15, 0.2) is 0 Å². The number of β-amino-alcohol motifs (C(OH)–C–C–N with tert-alkyl or cyclic N) is 1. The van der Waals surface area contributed by atoms with E-state index in [4.69, 9.17) is 4.74 Å². The Kier molecular flexibility index (Phi) is 4.68. The van der Waals surface area contributed by atoms with E-state index in [-0.39, 0.29) is 17.8 Å². The van der Waals surface area contributed by atoms with Crippen molar-refractivity contribution in [1.29, 1.82) is 0 Å². The molecule has 1 heterocycles. The van der Waals surface area contributed by atoms with Crippen molar-refractivity contribution in [2.45, 2.75) is 70.7 Å². The zero-order chi connectivity index (χ0) is 13.2. The lowest BCUT2D eigenvalue weighted by molar-refractivity contribution is -0.136. The number of ether oxygens (including phenoxy) is 1. The lowest BCUT2D eigenvalue weighted by atomic mass is 9.85. The van der Waals surface area contributed by atoms with Crippen LogP contribution in [0.5, 0.6) is 0 Å². The highest BCUT2D eigenvalue weighted by Gasteiger charge is 2.33. The number of hydrogen-bond acceptors (Lipinski definition) is 3. The maximum Gasteiger partial charge on any atom is 0.0757 e. The Morgan fingerprint density at radius 3 is 2.56 bits per heavy atom. The van der Waals surface area contributed by atoms with Crippen LogP contribution in [0.2, 0.25) is 0 Å². The highest BCUT2D eigenvalue weighted by atomic mass is 16.5. The average Bonchev–Trinajstić information content (AvgIpc) is 2.27. The SMILES string of the molecule is CC1CN(CC(O)C2CCCCC2)CC(C)(C)O1. The lowest BCUT2D eigenvalue weighted by Gasteiger charge is -2.43. The molecule has 3 heteroatoms. The molecule has 1 saturated carbocycles. The molecule has 2 aliphatic rings. The number of aliphatic hydroxyl groups is 1. The molecule has 0 spiro atoms. The van der Waals surface area contributed by atoms with Crippen LogP contribution in [-0.4, -0.2) is 47.4 Å². The van der Waals surface area contributed by atoms with Crippen LogP contribution < -0.4 is 0 Å². The second-order valence-corrected chi connectivity index (χ2v) is 6.85. The monoisotopic (exact) mass is 255 g/mol. The molecule has 0 aromatic heterocycles. The van der Waals surface area contributed by atoms with E-state index in [0.29, 0.717) is 5.92 Å². The van der Waals surface area contributed by atoms with Gasteiger partial charge >= 0.3 is 0 Å². The molecule has 0 amide bonds. The van der Waals surface area contributed by atoms with E-state index in [9.17, 15) is 5.11 Å². The maximum absolute atomic E-state index is 10.4. The van der Waals surface area contributed by atoms with Gasteiger partial charge < -0.3 is 9.84 Å². The topological polar surface area (TPSA) is 32.7 Å². The van der Waals surface area contributed by atoms with E-state index in [1.165, 1.54) is 32.1 Å². The van der Waals surface area contributed by atoms with Crippen molar-refractivity contribution in [3.05, 3.63) is 0 Å². The summed E-state index contributed by atoms with van der Waals surface area (Å²) in [5, 5.41) is 10.4. The van der Waals surface area contributed by atoms with Gasteiger partial charge in [-0.05, 0) is 39.5 Å². The van der Waals surface area contributed by atoms with Crippen LogP contribution in [0.1, 0.15) is 52.9 Å².